The molecule has 1 aliphatic carbocycles. The first kappa shape index (κ1) is 7.53. The molecular formula is C8H15NO2. The second kappa shape index (κ2) is 2.73. The maximum atomic E-state index is 5.51. The zero-order chi connectivity index (χ0) is 7.73. The van der Waals surface area contributed by atoms with Crippen LogP contribution in [-0.4, -0.2) is 33.1 Å². The van der Waals surface area contributed by atoms with E-state index in [2.05, 4.69) is 5.32 Å². The van der Waals surface area contributed by atoms with Crippen LogP contribution in [0.15, 0.2) is 0 Å². The van der Waals surface area contributed by atoms with Crippen molar-refractivity contribution >= 4 is 0 Å². The highest BCUT2D eigenvalue weighted by atomic mass is 16.7. The van der Waals surface area contributed by atoms with Gasteiger partial charge in [-0.25, -0.2) is 0 Å². The van der Waals surface area contributed by atoms with Crippen LogP contribution in [-0.2, 0) is 9.47 Å². The van der Waals surface area contributed by atoms with Gasteiger partial charge in [0.25, 0.3) is 0 Å². The van der Waals surface area contributed by atoms with Crippen LogP contribution in [0.3, 0.4) is 0 Å². The third-order valence-corrected chi connectivity index (χ3v) is 2.48. The number of nitrogens with one attached hydrogen (secondary N) is 1. The molecule has 1 spiro atoms. The Kier molecular flexibility index (Phi) is 1.87. The minimum Gasteiger partial charge on any atom is -0.351 e. The predicted molar refractivity (Wildman–Crippen MR) is 41.3 cm³/mol. The fraction of sp³-hybridized carbons (Fsp3) is 1.00. The van der Waals surface area contributed by atoms with Crippen molar-refractivity contribution in [2.75, 3.05) is 26.8 Å². The van der Waals surface area contributed by atoms with Crippen molar-refractivity contribution in [2.24, 2.45) is 5.41 Å². The van der Waals surface area contributed by atoms with Gasteiger partial charge in [0, 0.05) is 12.0 Å². The summed E-state index contributed by atoms with van der Waals surface area (Å²) in [6, 6.07) is 0. The first-order valence-corrected chi connectivity index (χ1v) is 4.22. The van der Waals surface area contributed by atoms with Gasteiger partial charge in [0.1, 0.15) is 0 Å². The molecule has 0 aromatic carbocycles. The summed E-state index contributed by atoms with van der Waals surface area (Å²) in [5.41, 5.74) is 0.435. The molecule has 0 amide bonds. The zero-order valence-corrected chi connectivity index (χ0v) is 6.93. The van der Waals surface area contributed by atoms with Crippen molar-refractivity contribution in [1.29, 1.82) is 0 Å². The number of rotatable bonds is 2. The molecule has 0 radical (unpaired) electrons. The maximum Gasteiger partial charge on any atom is 0.169 e. The van der Waals surface area contributed by atoms with Crippen LogP contribution < -0.4 is 5.32 Å². The molecule has 0 atom stereocenters. The highest BCUT2D eigenvalue weighted by Gasteiger charge is 2.46. The summed E-state index contributed by atoms with van der Waals surface area (Å²) in [5, 5.41) is 3.04. The second-order valence-corrected chi connectivity index (χ2v) is 3.61. The predicted octanol–water partition coefficient (Wildman–Crippen LogP) is 0.359. The first-order chi connectivity index (χ1) is 5.35. The summed E-state index contributed by atoms with van der Waals surface area (Å²) < 4.78 is 11.0. The van der Waals surface area contributed by atoms with Gasteiger partial charge in [-0.15, -0.1) is 0 Å². The lowest BCUT2D eigenvalue weighted by molar-refractivity contribution is -0.203. The van der Waals surface area contributed by atoms with Crippen molar-refractivity contribution in [3.05, 3.63) is 0 Å². The summed E-state index contributed by atoms with van der Waals surface area (Å²) in [5.74, 6) is 0. The second-order valence-electron chi connectivity index (χ2n) is 3.61. The van der Waals surface area contributed by atoms with Crippen molar-refractivity contribution in [3.8, 4) is 0 Å². The smallest absolute Gasteiger partial charge is 0.169 e. The van der Waals surface area contributed by atoms with E-state index in [0.717, 1.165) is 19.8 Å². The summed E-state index contributed by atoms with van der Waals surface area (Å²) in [7, 11) is 1.91. The van der Waals surface area contributed by atoms with E-state index in [9.17, 15) is 0 Å². The highest BCUT2D eigenvalue weighted by molar-refractivity contribution is 4.94. The van der Waals surface area contributed by atoms with Gasteiger partial charge in [-0.05, 0) is 19.9 Å². The van der Waals surface area contributed by atoms with E-state index in [4.69, 9.17) is 9.47 Å². The van der Waals surface area contributed by atoms with Gasteiger partial charge in [-0.3, -0.25) is 0 Å². The molecule has 2 rings (SSSR count). The van der Waals surface area contributed by atoms with Gasteiger partial charge in [0.15, 0.2) is 6.29 Å². The SMILES string of the molecule is CNCC1OCC2(CC2)CO1. The Morgan fingerprint density at radius 1 is 1.36 bits per heavy atom. The van der Waals surface area contributed by atoms with Crippen LogP contribution in [0, 0.1) is 5.41 Å². The molecule has 0 bridgehead atoms. The van der Waals surface area contributed by atoms with Crippen molar-refractivity contribution in [2.45, 2.75) is 19.1 Å². The first-order valence-electron chi connectivity index (χ1n) is 4.22. The van der Waals surface area contributed by atoms with Crippen molar-refractivity contribution in [1.82, 2.24) is 5.32 Å². The summed E-state index contributed by atoms with van der Waals surface area (Å²) in [6.45, 7) is 2.61. The number of hydrogen-bond donors (Lipinski definition) is 1. The lowest BCUT2D eigenvalue weighted by atomic mass is 10.1. The number of hydrogen-bond acceptors (Lipinski definition) is 3. The Balaban J connectivity index is 1.75. The Labute approximate surface area is 67.1 Å². The van der Waals surface area contributed by atoms with Crippen LogP contribution in [0.25, 0.3) is 0 Å². The van der Waals surface area contributed by atoms with E-state index in [1.54, 1.807) is 0 Å². The quantitative estimate of drug-likeness (QED) is 0.627. The molecule has 2 aliphatic rings. The molecule has 3 heteroatoms. The summed E-state index contributed by atoms with van der Waals surface area (Å²) in [6.07, 6.45) is 2.57. The Morgan fingerprint density at radius 3 is 2.45 bits per heavy atom. The van der Waals surface area contributed by atoms with Crippen molar-refractivity contribution in [3.63, 3.8) is 0 Å². The van der Waals surface area contributed by atoms with Gasteiger partial charge in [-0.1, -0.05) is 0 Å². The van der Waals surface area contributed by atoms with Crippen LogP contribution in [0.1, 0.15) is 12.8 Å². The largest absolute Gasteiger partial charge is 0.351 e. The van der Waals surface area contributed by atoms with Crippen LogP contribution in [0.4, 0.5) is 0 Å². The molecule has 1 saturated heterocycles. The highest BCUT2D eigenvalue weighted by Crippen LogP contribution is 2.48. The molecule has 2 fully saturated rings. The standard InChI is InChI=1S/C8H15NO2/c1-9-4-7-10-5-8(2-3-8)6-11-7/h7,9H,2-6H2,1H3. The van der Waals surface area contributed by atoms with Gasteiger partial charge in [-0.2, -0.15) is 0 Å². The van der Waals surface area contributed by atoms with E-state index < -0.39 is 0 Å². The Morgan fingerprint density at radius 2 is 2.00 bits per heavy atom. The normalized spacial score (nSPS) is 29.2. The van der Waals surface area contributed by atoms with E-state index in [1.165, 1.54) is 12.8 Å². The number of likely N-dealkylation sites (N-methyl/N-ethyl adjacent to an activating group) is 1. The average molecular weight is 157 g/mol. The maximum absolute atomic E-state index is 5.51. The fourth-order valence-electron chi connectivity index (χ4n) is 1.38. The zero-order valence-electron chi connectivity index (χ0n) is 6.93. The molecule has 1 heterocycles. The topological polar surface area (TPSA) is 30.5 Å². The molecule has 64 valence electrons. The van der Waals surface area contributed by atoms with E-state index in [0.29, 0.717) is 5.41 Å². The molecule has 11 heavy (non-hydrogen) atoms. The Hall–Kier alpha value is -0.120. The van der Waals surface area contributed by atoms with Gasteiger partial charge in [0.05, 0.1) is 13.2 Å². The third kappa shape index (κ3) is 1.55. The van der Waals surface area contributed by atoms with E-state index in [-0.39, 0.29) is 6.29 Å². The molecular weight excluding hydrogens is 142 g/mol. The van der Waals surface area contributed by atoms with E-state index in [1.807, 2.05) is 7.05 Å². The third-order valence-electron chi connectivity index (χ3n) is 2.48. The molecule has 0 aromatic heterocycles. The Bertz CT molecular complexity index is 135. The lowest BCUT2D eigenvalue weighted by Crippen LogP contribution is -2.38. The summed E-state index contributed by atoms with van der Waals surface area (Å²) >= 11 is 0. The minimum absolute atomic E-state index is 0.00813. The molecule has 3 nitrogen and oxygen atoms in total. The molecule has 1 aliphatic heterocycles. The van der Waals surface area contributed by atoms with Gasteiger partial charge < -0.3 is 14.8 Å². The summed E-state index contributed by atoms with van der Waals surface area (Å²) in [4.78, 5) is 0. The van der Waals surface area contributed by atoms with Gasteiger partial charge >= 0.3 is 0 Å². The monoisotopic (exact) mass is 157 g/mol. The molecule has 1 saturated carbocycles. The van der Waals surface area contributed by atoms with Crippen LogP contribution in [0.5, 0.6) is 0 Å². The van der Waals surface area contributed by atoms with Crippen molar-refractivity contribution < 1.29 is 9.47 Å². The lowest BCUT2D eigenvalue weighted by Gasteiger charge is -2.29. The molecule has 1 N–H and O–H groups in total. The van der Waals surface area contributed by atoms with Crippen LogP contribution in [0.2, 0.25) is 0 Å². The minimum atomic E-state index is -0.00813. The number of ether oxygens (including phenoxy) is 2. The van der Waals surface area contributed by atoms with Crippen LogP contribution >= 0.6 is 0 Å². The molecule has 0 aromatic rings. The average Bonchev–Trinajstić information content (AvgIpc) is 2.76. The van der Waals surface area contributed by atoms with Gasteiger partial charge in [0.2, 0.25) is 0 Å². The fourth-order valence-corrected chi connectivity index (χ4v) is 1.38. The van der Waals surface area contributed by atoms with E-state index >= 15 is 0 Å². The molecule has 0 unspecified atom stereocenters.